The van der Waals surface area contributed by atoms with Crippen LogP contribution in [-0.2, 0) is 5.41 Å². The predicted octanol–water partition coefficient (Wildman–Crippen LogP) is 16.4. The van der Waals surface area contributed by atoms with Crippen LogP contribution in [-0.4, -0.2) is 0 Å². The molecule has 1 aromatic heterocycles. The minimum Gasteiger partial charge on any atom is -0.309 e. The van der Waals surface area contributed by atoms with Crippen LogP contribution in [0, 0.1) is 0 Å². The molecule has 284 valence electrons. The Morgan fingerprint density at radius 3 is 1.54 bits per heavy atom. The highest BCUT2D eigenvalue weighted by Crippen LogP contribution is 2.65. The maximum atomic E-state index is 2.56. The monoisotopic (exact) mass is 791 g/mol. The lowest BCUT2D eigenvalue weighted by Gasteiger charge is -2.32. The standard InChI is InChI=1S/C59H37NS/c1-3-16-38(17-4-1)40-30-33-42(34-31-40)60(55-37-49-48-36-41(39-18-5-2-6-19-39)32-35-56(48)61-58(49)46-23-8-7-22-45(46)55)54-29-15-28-53-57(54)47-24-11-14-27-52(47)59(53)50-25-12-9-20-43(50)44-21-10-13-26-51(44)59/h1-37H. The van der Waals surface area contributed by atoms with Crippen molar-refractivity contribution in [1.82, 2.24) is 0 Å². The first-order valence-corrected chi connectivity index (χ1v) is 21.9. The molecule has 0 fully saturated rings. The summed E-state index contributed by atoms with van der Waals surface area (Å²) in [5, 5.41) is 5.06. The largest absolute Gasteiger partial charge is 0.309 e. The molecular weight excluding hydrogens is 755 g/mol. The average molecular weight is 792 g/mol. The van der Waals surface area contributed by atoms with E-state index < -0.39 is 5.41 Å². The van der Waals surface area contributed by atoms with E-state index in [1.165, 1.54) is 109 Å². The highest BCUT2D eigenvalue weighted by atomic mass is 32.1. The van der Waals surface area contributed by atoms with Crippen LogP contribution in [0.15, 0.2) is 224 Å². The minimum atomic E-state index is -0.443. The number of benzene rings is 10. The minimum absolute atomic E-state index is 0.443. The van der Waals surface area contributed by atoms with Gasteiger partial charge in [0.05, 0.1) is 16.8 Å². The van der Waals surface area contributed by atoms with Crippen molar-refractivity contribution in [3.8, 4) is 44.5 Å². The molecule has 1 nitrogen and oxygen atoms in total. The van der Waals surface area contributed by atoms with E-state index in [0.717, 1.165) is 5.69 Å². The van der Waals surface area contributed by atoms with E-state index in [-0.39, 0.29) is 0 Å². The van der Waals surface area contributed by atoms with Crippen LogP contribution in [0.1, 0.15) is 22.3 Å². The third-order valence-electron chi connectivity index (χ3n) is 13.3. The SMILES string of the molecule is c1ccc(-c2ccc(N(c3cccc4c3-c3ccccc3C43c4ccccc4-c4ccccc43)c3cc4c5cc(-c6ccccc6)ccc5sc4c4ccccc34)cc2)cc1. The smallest absolute Gasteiger partial charge is 0.0726 e. The second-order valence-corrected chi connectivity index (χ2v) is 17.4. The molecule has 0 saturated heterocycles. The van der Waals surface area contributed by atoms with Gasteiger partial charge in [-0.05, 0) is 97.6 Å². The van der Waals surface area contributed by atoms with Crippen LogP contribution in [0.2, 0.25) is 0 Å². The van der Waals surface area contributed by atoms with Gasteiger partial charge in [-0.2, -0.15) is 0 Å². The van der Waals surface area contributed by atoms with Crippen molar-refractivity contribution >= 4 is 59.3 Å². The molecule has 11 aromatic rings. The Morgan fingerprint density at radius 2 is 0.852 bits per heavy atom. The molecule has 2 heteroatoms. The van der Waals surface area contributed by atoms with Crippen LogP contribution >= 0.6 is 11.3 Å². The van der Waals surface area contributed by atoms with E-state index in [2.05, 4.69) is 229 Å². The molecule has 1 spiro atoms. The number of hydrogen-bond donors (Lipinski definition) is 0. The van der Waals surface area contributed by atoms with E-state index in [1.807, 2.05) is 11.3 Å². The Bertz CT molecular complexity index is 3480. The molecule has 0 atom stereocenters. The van der Waals surface area contributed by atoms with Crippen LogP contribution in [0.5, 0.6) is 0 Å². The van der Waals surface area contributed by atoms with Gasteiger partial charge in [-0.15, -0.1) is 11.3 Å². The quantitative estimate of drug-likeness (QED) is 0.168. The molecule has 13 rings (SSSR count). The summed E-state index contributed by atoms with van der Waals surface area (Å²) in [6.07, 6.45) is 0. The molecule has 2 aliphatic rings. The third-order valence-corrected chi connectivity index (χ3v) is 14.5. The first-order chi connectivity index (χ1) is 30.3. The molecule has 0 unspecified atom stereocenters. The summed E-state index contributed by atoms with van der Waals surface area (Å²) in [7, 11) is 0. The number of thiophene rings is 1. The Labute approximate surface area is 359 Å². The van der Waals surface area contributed by atoms with Crippen LogP contribution in [0.3, 0.4) is 0 Å². The fourth-order valence-electron chi connectivity index (χ4n) is 10.7. The Balaban J connectivity index is 1.12. The fourth-order valence-corrected chi connectivity index (χ4v) is 11.9. The second-order valence-electron chi connectivity index (χ2n) is 16.3. The van der Waals surface area contributed by atoms with Crippen molar-refractivity contribution in [1.29, 1.82) is 0 Å². The topological polar surface area (TPSA) is 3.24 Å². The lowest BCUT2D eigenvalue weighted by Crippen LogP contribution is -2.26. The zero-order chi connectivity index (χ0) is 40.1. The van der Waals surface area contributed by atoms with Gasteiger partial charge in [0.2, 0.25) is 0 Å². The van der Waals surface area contributed by atoms with Gasteiger partial charge in [-0.25, -0.2) is 0 Å². The maximum Gasteiger partial charge on any atom is 0.0726 e. The van der Waals surface area contributed by atoms with E-state index in [1.54, 1.807) is 0 Å². The summed E-state index contributed by atoms with van der Waals surface area (Å²) in [5.74, 6) is 0. The number of rotatable bonds is 5. The van der Waals surface area contributed by atoms with Crippen molar-refractivity contribution < 1.29 is 0 Å². The highest BCUT2D eigenvalue weighted by molar-refractivity contribution is 7.26. The predicted molar refractivity (Wildman–Crippen MR) is 259 cm³/mol. The first kappa shape index (κ1) is 34.4. The lowest BCUT2D eigenvalue weighted by atomic mass is 9.70. The first-order valence-electron chi connectivity index (χ1n) is 21.1. The summed E-state index contributed by atoms with van der Waals surface area (Å²) >= 11 is 1.90. The van der Waals surface area contributed by atoms with Gasteiger partial charge >= 0.3 is 0 Å². The number of anilines is 3. The summed E-state index contributed by atoms with van der Waals surface area (Å²) in [6.45, 7) is 0. The summed E-state index contributed by atoms with van der Waals surface area (Å²) in [5.41, 5.74) is 18.4. The zero-order valence-electron chi connectivity index (χ0n) is 33.2. The summed E-state index contributed by atoms with van der Waals surface area (Å²) in [6, 6.07) is 83.5. The Morgan fingerprint density at radius 1 is 0.328 bits per heavy atom. The zero-order valence-corrected chi connectivity index (χ0v) is 34.0. The molecule has 0 saturated carbocycles. The third kappa shape index (κ3) is 4.88. The van der Waals surface area contributed by atoms with Gasteiger partial charge in [-0.3, -0.25) is 0 Å². The van der Waals surface area contributed by atoms with Crippen LogP contribution in [0.4, 0.5) is 17.1 Å². The van der Waals surface area contributed by atoms with E-state index in [4.69, 9.17) is 0 Å². The van der Waals surface area contributed by atoms with Crippen molar-refractivity contribution in [2.45, 2.75) is 5.41 Å². The van der Waals surface area contributed by atoms with Gasteiger partial charge in [-0.1, -0.05) is 188 Å². The molecular formula is C59H37NS. The molecule has 0 amide bonds. The average Bonchev–Trinajstić information content (AvgIpc) is 3.97. The molecule has 10 aromatic carbocycles. The fraction of sp³-hybridized carbons (Fsp3) is 0.0169. The lowest BCUT2D eigenvalue weighted by molar-refractivity contribution is 0.794. The van der Waals surface area contributed by atoms with Gasteiger partial charge in [0.25, 0.3) is 0 Å². The Hall–Kier alpha value is -7.52. The number of fused-ring (bicyclic) bond motifs is 15. The molecule has 0 bridgehead atoms. The van der Waals surface area contributed by atoms with Crippen LogP contribution < -0.4 is 4.90 Å². The van der Waals surface area contributed by atoms with Crippen molar-refractivity contribution in [3.05, 3.63) is 247 Å². The normalized spacial score (nSPS) is 13.0. The number of nitrogens with zero attached hydrogens (tertiary/aromatic N) is 1. The molecule has 0 aliphatic heterocycles. The maximum absolute atomic E-state index is 2.56. The van der Waals surface area contributed by atoms with Crippen LogP contribution in [0.25, 0.3) is 75.5 Å². The van der Waals surface area contributed by atoms with Crippen molar-refractivity contribution in [2.75, 3.05) is 4.90 Å². The van der Waals surface area contributed by atoms with E-state index in [9.17, 15) is 0 Å². The van der Waals surface area contributed by atoms with Gasteiger partial charge in [0.1, 0.15) is 0 Å². The molecule has 0 N–H and O–H groups in total. The van der Waals surface area contributed by atoms with Crippen molar-refractivity contribution in [2.24, 2.45) is 0 Å². The molecule has 2 aliphatic carbocycles. The van der Waals surface area contributed by atoms with E-state index in [0.29, 0.717) is 0 Å². The summed E-state index contributed by atoms with van der Waals surface area (Å²) in [4.78, 5) is 2.56. The van der Waals surface area contributed by atoms with Gasteiger partial charge in [0, 0.05) is 42.2 Å². The highest BCUT2D eigenvalue weighted by Gasteiger charge is 2.52. The molecule has 0 radical (unpaired) electrons. The van der Waals surface area contributed by atoms with Crippen molar-refractivity contribution in [3.63, 3.8) is 0 Å². The Kier molecular flexibility index (Phi) is 7.46. The summed E-state index contributed by atoms with van der Waals surface area (Å²) < 4.78 is 2.62. The van der Waals surface area contributed by atoms with Gasteiger partial charge < -0.3 is 4.90 Å². The van der Waals surface area contributed by atoms with Gasteiger partial charge in [0.15, 0.2) is 0 Å². The number of hydrogen-bond acceptors (Lipinski definition) is 2. The molecule has 1 heterocycles. The van der Waals surface area contributed by atoms with E-state index >= 15 is 0 Å². The second kappa shape index (κ2) is 13.2. The molecule has 61 heavy (non-hydrogen) atoms.